The van der Waals surface area contributed by atoms with Crippen LogP contribution in [0.4, 0.5) is 0 Å². The van der Waals surface area contributed by atoms with Crippen molar-refractivity contribution >= 4 is 39.7 Å². The fraction of sp³-hybridized carbons (Fsp3) is 0.176. The van der Waals surface area contributed by atoms with Gasteiger partial charge in [-0.25, -0.2) is 0 Å². The summed E-state index contributed by atoms with van der Waals surface area (Å²) in [6, 6.07) is 11.1. The molecule has 1 amide bonds. The number of benzene rings is 1. The van der Waals surface area contributed by atoms with Crippen LogP contribution in [-0.4, -0.2) is 17.5 Å². The molecule has 0 aliphatic carbocycles. The Morgan fingerprint density at radius 2 is 2.22 bits per heavy atom. The van der Waals surface area contributed by atoms with Gasteiger partial charge in [0, 0.05) is 16.5 Å². The van der Waals surface area contributed by atoms with Crippen molar-refractivity contribution in [1.29, 1.82) is 0 Å². The van der Waals surface area contributed by atoms with Crippen molar-refractivity contribution in [2.45, 2.75) is 13.0 Å². The Balaban J connectivity index is 1.67. The van der Waals surface area contributed by atoms with Crippen molar-refractivity contribution in [3.8, 4) is 5.75 Å². The summed E-state index contributed by atoms with van der Waals surface area (Å²) in [7, 11) is 0. The highest BCUT2D eigenvalue weighted by atomic mass is 35.5. The van der Waals surface area contributed by atoms with E-state index in [2.05, 4.69) is 10.3 Å². The van der Waals surface area contributed by atoms with Gasteiger partial charge in [0.1, 0.15) is 11.3 Å². The number of carbonyl (C=O) groups excluding carboxylic acids is 1. The molecule has 0 saturated carbocycles. The van der Waals surface area contributed by atoms with Crippen LogP contribution in [0.1, 0.15) is 17.8 Å². The Kier molecular flexibility index (Phi) is 4.79. The number of hydrogen-bond acceptors (Lipinski definition) is 4. The van der Waals surface area contributed by atoms with Crippen LogP contribution in [0.15, 0.2) is 48.0 Å². The molecule has 2 aromatic heterocycles. The van der Waals surface area contributed by atoms with Gasteiger partial charge < -0.3 is 10.1 Å². The lowest BCUT2D eigenvalue weighted by Gasteiger charge is -2.13. The second kappa shape index (κ2) is 6.98. The Morgan fingerprint density at radius 1 is 1.35 bits per heavy atom. The largest absolute Gasteiger partial charge is 0.481 e. The molecule has 3 aromatic rings. The van der Waals surface area contributed by atoms with E-state index in [-0.39, 0.29) is 18.6 Å². The number of fused-ring (bicyclic) bond motifs is 1. The molecule has 6 heteroatoms. The summed E-state index contributed by atoms with van der Waals surface area (Å²) < 4.78 is 5.62. The summed E-state index contributed by atoms with van der Waals surface area (Å²) in [4.78, 5) is 17.4. The molecule has 3 rings (SSSR count). The zero-order chi connectivity index (χ0) is 16.2. The van der Waals surface area contributed by atoms with Crippen LogP contribution in [0.25, 0.3) is 10.9 Å². The second-order valence-electron chi connectivity index (χ2n) is 5.04. The number of aromatic nitrogens is 1. The Morgan fingerprint density at radius 3 is 3.00 bits per heavy atom. The first kappa shape index (κ1) is 15.8. The first-order chi connectivity index (χ1) is 11.1. The first-order valence-corrected chi connectivity index (χ1v) is 8.39. The minimum absolute atomic E-state index is 0.0359. The van der Waals surface area contributed by atoms with Gasteiger partial charge in [-0.15, -0.1) is 11.3 Å². The van der Waals surface area contributed by atoms with Crippen molar-refractivity contribution < 1.29 is 9.53 Å². The fourth-order valence-electron chi connectivity index (χ4n) is 2.26. The molecule has 0 aliphatic rings. The number of nitrogens with zero attached hydrogens (tertiary/aromatic N) is 1. The first-order valence-electron chi connectivity index (χ1n) is 7.14. The van der Waals surface area contributed by atoms with E-state index in [0.717, 1.165) is 10.3 Å². The van der Waals surface area contributed by atoms with Crippen molar-refractivity contribution in [2.24, 2.45) is 0 Å². The van der Waals surface area contributed by atoms with E-state index in [1.807, 2.05) is 36.6 Å². The third-order valence-electron chi connectivity index (χ3n) is 3.39. The van der Waals surface area contributed by atoms with Gasteiger partial charge in [-0.3, -0.25) is 9.78 Å². The maximum absolute atomic E-state index is 12.0. The van der Waals surface area contributed by atoms with Crippen LogP contribution in [-0.2, 0) is 4.79 Å². The quantitative estimate of drug-likeness (QED) is 0.753. The molecule has 0 saturated heterocycles. The molecule has 4 nitrogen and oxygen atoms in total. The van der Waals surface area contributed by atoms with Crippen LogP contribution in [0.3, 0.4) is 0 Å². The topological polar surface area (TPSA) is 51.2 Å². The van der Waals surface area contributed by atoms with Gasteiger partial charge in [0.05, 0.1) is 11.1 Å². The molecule has 2 heterocycles. The minimum Gasteiger partial charge on any atom is -0.481 e. The molecule has 0 bridgehead atoms. The number of nitrogens with one attached hydrogen (secondary N) is 1. The van der Waals surface area contributed by atoms with Gasteiger partial charge in [0.2, 0.25) is 0 Å². The third-order valence-corrected chi connectivity index (χ3v) is 4.77. The average Bonchev–Trinajstić information content (AvgIpc) is 3.09. The monoisotopic (exact) mass is 346 g/mol. The lowest BCUT2D eigenvalue weighted by Crippen LogP contribution is -2.30. The van der Waals surface area contributed by atoms with Gasteiger partial charge in [-0.2, -0.15) is 0 Å². The SMILES string of the molecule is C[C@H](NC(=O)COc1ccc(Cl)c2cccnc12)c1cccs1. The molecule has 0 fully saturated rings. The van der Waals surface area contributed by atoms with Crippen LogP contribution >= 0.6 is 22.9 Å². The average molecular weight is 347 g/mol. The van der Waals surface area contributed by atoms with Crippen LogP contribution in [0, 0.1) is 0 Å². The summed E-state index contributed by atoms with van der Waals surface area (Å²) in [5, 5.41) is 6.31. The fourth-order valence-corrected chi connectivity index (χ4v) is 3.21. The van der Waals surface area contributed by atoms with E-state index in [1.165, 1.54) is 0 Å². The number of thiophene rings is 1. The van der Waals surface area contributed by atoms with E-state index in [1.54, 1.807) is 29.7 Å². The van der Waals surface area contributed by atoms with Crippen molar-refractivity contribution in [2.75, 3.05) is 6.61 Å². The predicted molar refractivity (Wildman–Crippen MR) is 93.1 cm³/mol. The number of ether oxygens (including phenoxy) is 1. The highest BCUT2D eigenvalue weighted by molar-refractivity contribution is 7.10. The summed E-state index contributed by atoms with van der Waals surface area (Å²) in [5.41, 5.74) is 0.652. The molecule has 0 radical (unpaired) electrons. The number of pyridine rings is 1. The smallest absolute Gasteiger partial charge is 0.258 e. The van der Waals surface area contributed by atoms with E-state index in [0.29, 0.717) is 16.3 Å². The zero-order valence-electron chi connectivity index (χ0n) is 12.5. The summed E-state index contributed by atoms with van der Waals surface area (Å²) in [5.74, 6) is 0.369. The molecule has 0 aliphatic heterocycles. The molecule has 1 atom stereocenters. The number of halogens is 1. The van der Waals surface area contributed by atoms with Crippen molar-refractivity contribution in [1.82, 2.24) is 10.3 Å². The van der Waals surface area contributed by atoms with Crippen molar-refractivity contribution in [3.63, 3.8) is 0 Å². The molecule has 0 unspecified atom stereocenters. The standard InChI is InChI=1S/C17H15ClN2O2S/c1-11(15-5-3-9-23-15)20-16(21)10-22-14-7-6-13(18)12-4-2-8-19-17(12)14/h2-9,11H,10H2,1H3,(H,20,21)/t11-/m0/s1. The molecule has 1 N–H and O–H groups in total. The highest BCUT2D eigenvalue weighted by Crippen LogP contribution is 2.29. The summed E-state index contributed by atoms with van der Waals surface area (Å²) in [6.45, 7) is 1.88. The molecule has 1 aromatic carbocycles. The van der Waals surface area contributed by atoms with Gasteiger partial charge in [-0.1, -0.05) is 17.7 Å². The molecule has 0 spiro atoms. The molecular weight excluding hydrogens is 332 g/mol. The zero-order valence-corrected chi connectivity index (χ0v) is 14.0. The number of amides is 1. The molecule has 23 heavy (non-hydrogen) atoms. The van der Waals surface area contributed by atoms with E-state index in [9.17, 15) is 4.79 Å². The molecule has 118 valence electrons. The second-order valence-corrected chi connectivity index (χ2v) is 6.42. The van der Waals surface area contributed by atoms with Gasteiger partial charge in [-0.05, 0) is 42.6 Å². The Hall–Kier alpha value is -2.11. The van der Waals surface area contributed by atoms with Gasteiger partial charge in [0.25, 0.3) is 5.91 Å². The number of rotatable bonds is 5. The van der Waals surface area contributed by atoms with E-state index in [4.69, 9.17) is 16.3 Å². The van der Waals surface area contributed by atoms with Gasteiger partial charge >= 0.3 is 0 Å². The lowest BCUT2D eigenvalue weighted by molar-refractivity contribution is -0.123. The van der Waals surface area contributed by atoms with Crippen LogP contribution < -0.4 is 10.1 Å². The maximum atomic E-state index is 12.0. The maximum Gasteiger partial charge on any atom is 0.258 e. The predicted octanol–water partition coefficient (Wildman–Crippen LogP) is 4.21. The number of hydrogen-bond donors (Lipinski definition) is 1. The minimum atomic E-state index is -0.176. The van der Waals surface area contributed by atoms with Crippen molar-refractivity contribution in [3.05, 3.63) is 57.9 Å². The van der Waals surface area contributed by atoms with E-state index >= 15 is 0 Å². The lowest BCUT2D eigenvalue weighted by atomic mass is 10.2. The third kappa shape index (κ3) is 3.63. The summed E-state index contributed by atoms with van der Waals surface area (Å²) >= 11 is 7.75. The Labute approximate surface area is 143 Å². The van der Waals surface area contributed by atoms with E-state index < -0.39 is 0 Å². The summed E-state index contributed by atoms with van der Waals surface area (Å²) in [6.07, 6.45) is 1.67. The van der Waals surface area contributed by atoms with Crippen LogP contribution in [0.2, 0.25) is 5.02 Å². The Bertz CT molecular complexity index is 821. The highest BCUT2D eigenvalue weighted by Gasteiger charge is 2.12. The normalized spacial score (nSPS) is 12.1. The molecular formula is C17H15ClN2O2S. The number of carbonyl (C=O) groups is 1. The van der Waals surface area contributed by atoms with Gasteiger partial charge in [0.15, 0.2) is 6.61 Å². The van der Waals surface area contributed by atoms with Crippen LogP contribution in [0.5, 0.6) is 5.75 Å².